The lowest BCUT2D eigenvalue weighted by atomic mass is 10.1. The van der Waals surface area contributed by atoms with E-state index < -0.39 is 0 Å². The van der Waals surface area contributed by atoms with Crippen LogP contribution in [-0.4, -0.2) is 47.2 Å². The highest BCUT2D eigenvalue weighted by Crippen LogP contribution is 2.29. The molecular weight excluding hydrogens is 380 g/mol. The van der Waals surface area contributed by atoms with Gasteiger partial charge in [0.15, 0.2) is 0 Å². The summed E-state index contributed by atoms with van der Waals surface area (Å²) >= 11 is 1.77. The molecule has 3 aromatic heterocycles. The summed E-state index contributed by atoms with van der Waals surface area (Å²) < 4.78 is 3.03. The lowest BCUT2D eigenvalue weighted by Crippen LogP contribution is -2.47. The molecule has 0 unspecified atom stereocenters. The Morgan fingerprint density at radius 1 is 1.03 bits per heavy atom. The Labute approximate surface area is 173 Å². The first-order valence-corrected chi connectivity index (χ1v) is 11.0. The number of para-hydroxylation sites is 1. The SMILES string of the molecule is Cn1c(=O)cc(CCN2CCN(c3nccc4sccc34)CC2)c2ccccc21. The van der Waals surface area contributed by atoms with Crippen molar-refractivity contribution >= 4 is 38.1 Å². The third kappa shape index (κ3) is 3.43. The number of aryl methyl sites for hydroxylation is 1. The second kappa shape index (κ2) is 7.61. The van der Waals surface area contributed by atoms with Gasteiger partial charge < -0.3 is 9.47 Å². The van der Waals surface area contributed by atoms with E-state index in [9.17, 15) is 4.79 Å². The number of piperazine rings is 1. The summed E-state index contributed by atoms with van der Waals surface area (Å²) in [6, 6.07) is 14.3. The summed E-state index contributed by atoms with van der Waals surface area (Å²) in [5.74, 6) is 1.11. The molecule has 0 atom stereocenters. The minimum atomic E-state index is 0.0680. The molecule has 1 saturated heterocycles. The fourth-order valence-electron chi connectivity index (χ4n) is 4.28. The molecule has 6 heteroatoms. The molecule has 29 heavy (non-hydrogen) atoms. The van der Waals surface area contributed by atoms with Crippen LogP contribution in [0.1, 0.15) is 5.56 Å². The molecule has 1 aliphatic heterocycles. The number of hydrogen-bond acceptors (Lipinski definition) is 5. The first-order chi connectivity index (χ1) is 14.2. The Kier molecular flexibility index (Phi) is 4.81. The van der Waals surface area contributed by atoms with Gasteiger partial charge in [0.25, 0.3) is 5.56 Å². The van der Waals surface area contributed by atoms with Crippen LogP contribution in [0, 0.1) is 0 Å². The number of anilines is 1. The average Bonchev–Trinajstić information content (AvgIpc) is 3.25. The van der Waals surface area contributed by atoms with Crippen LogP contribution in [0.2, 0.25) is 0 Å². The Bertz CT molecular complexity index is 1220. The van der Waals surface area contributed by atoms with Crippen molar-refractivity contribution in [3.05, 3.63) is 70.0 Å². The fourth-order valence-corrected chi connectivity index (χ4v) is 5.06. The van der Waals surface area contributed by atoms with Crippen LogP contribution in [-0.2, 0) is 13.5 Å². The van der Waals surface area contributed by atoms with Gasteiger partial charge >= 0.3 is 0 Å². The second-order valence-corrected chi connectivity index (χ2v) is 8.58. The zero-order valence-electron chi connectivity index (χ0n) is 16.5. The average molecular weight is 405 g/mol. The summed E-state index contributed by atoms with van der Waals surface area (Å²) in [5, 5.41) is 4.58. The standard InChI is InChI=1S/C23H24N4OS/c1-25-20-5-3-2-4-18(20)17(16-22(25)28)7-10-26-11-13-27(14-12-26)23-19-8-15-29-21(19)6-9-24-23/h2-6,8-9,15-16H,7,10-14H2,1H3. The monoisotopic (exact) mass is 404 g/mol. The maximum absolute atomic E-state index is 12.3. The Morgan fingerprint density at radius 2 is 1.86 bits per heavy atom. The number of rotatable bonds is 4. The normalized spacial score (nSPS) is 15.4. The molecule has 4 aromatic rings. The summed E-state index contributed by atoms with van der Waals surface area (Å²) in [7, 11) is 1.84. The Hall–Kier alpha value is -2.70. The number of benzene rings is 1. The smallest absolute Gasteiger partial charge is 0.251 e. The number of pyridine rings is 2. The fraction of sp³-hybridized carbons (Fsp3) is 0.304. The van der Waals surface area contributed by atoms with Gasteiger partial charge in [-0.05, 0) is 35.6 Å². The first kappa shape index (κ1) is 18.3. The van der Waals surface area contributed by atoms with Gasteiger partial charge in [0.2, 0.25) is 0 Å². The highest BCUT2D eigenvalue weighted by molar-refractivity contribution is 7.17. The summed E-state index contributed by atoms with van der Waals surface area (Å²) in [5.41, 5.74) is 2.23. The van der Waals surface area contributed by atoms with Crippen molar-refractivity contribution in [1.29, 1.82) is 0 Å². The van der Waals surface area contributed by atoms with E-state index in [0.717, 1.165) is 56.0 Å². The van der Waals surface area contributed by atoms with Gasteiger partial charge in [0.05, 0.1) is 5.52 Å². The molecule has 1 fully saturated rings. The quantitative estimate of drug-likeness (QED) is 0.522. The van der Waals surface area contributed by atoms with Crippen molar-refractivity contribution in [2.45, 2.75) is 6.42 Å². The molecule has 4 heterocycles. The maximum Gasteiger partial charge on any atom is 0.251 e. The third-order valence-electron chi connectivity index (χ3n) is 5.97. The van der Waals surface area contributed by atoms with Gasteiger partial charge in [-0.25, -0.2) is 4.98 Å². The van der Waals surface area contributed by atoms with E-state index in [-0.39, 0.29) is 5.56 Å². The van der Waals surface area contributed by atoms with Crippen molar-refractivity contribution in [3.63, 3.8) is 0 Å². The van der Waals surface area contributed by atoms with Crippen molar-refractivity contribution in [3.8, 4) is 0 Å². The van der Waals surface area contributed by atoms with Crippen molar-refractivity contribution < 1.29 is 0 Å². The van der Waals surface area contributed by atoms with E-state index in [1.807, 2.05) is 31.4 Å². The van der Waals surface area contributed by atoms with Crippen molar-refractivity contribution in [2.24, 2.45) is 7.05 Å². The largest absolute Gasteiger partial charge is 0.354 e. The van der Waals surface area contributed by atoms with Gasteiger partial charge in [0, 0.05) is 67.5 Å². The van der Waals surface area contributed by atoms with E-state index in [1.165, 1.54) is 15.5 Å². The predicted octanol–water partition coefficient (Wildman–Crippen LogP) is 3.51. The molecule has 5 nitrogen and oxygen atoms in total. The van der Waals surface area contributed by atoms with E-state index in [1.54, 1.807) is 22.0 Å². The lowest BCUT2D eigenvalue weighted by Gasteiger charge is -2.35. The van der Waals surface area contributed by atoms with Crippen LogP contribution < -0.4 is 10.5 Å². The summed E-state index contributed by atoms with van der Waals surface area (Å²) in [6.07, 6.45) is 2.82. The molecule has 0 saturated carbocycles. The minimum absolute atomic E-state index is 0.0680. The molecule has 5 rings (SSSR count). The molecule has 0 spiro atoms. The first-order valence-electron chi connectivity index (χ1n) is 10.1. The number of hydrogen-bond donors (Lipinski definition) is 0. The molecule has 0 N–H and O–H groups in total. The number of fused-ring (bicyclic) bond motifs is 2. The topological polar surface area (TPSA) is 41.4 Å². The molecule has 0 bridgehead atoms. The highest BCUT2D eigenvalue weighted by Gasteiger charge is 2.20. The molecule has 0 radical (unpaired) electrons. The number of aromatic nitrogens is 2. The molecule has 148 valence electrons. The van der Waals surface area contributed by atoms with Crippen LogP contribution in [0.4, 0.5) is 5.82 Å². The van der Waals surface area contributed by atoms with Crippen LogP contribution in [0.5, 0.6) is 0 Å². The maximum atomic E-state index is 12.3. The van der Waals surface area contributed by atoms with Gasteiger partial charge in [-0.1, -0.05) is 18.2 Å². The van der Waals surface area contributed by atoms with Crippen LogP contribution in [0.3, 0.4) is 0 Å². The second-order valence-electron chi connectivity index (χ2n) is 7.63. The van der Waals surface area contributed by atoms with E-state index in [2.05, 4.69) is 38.4 Å². The molecule has 1 aromatic carbocycles. The minimum Gasteiger partial charge on any atom is -0.354 e. The summed E-state index contributed by atoms with van der Waals surface area (Å²) in [4.78, 5) is 21.9. The van der Waals surface area contributed by atoms with E-state index >= 15 is 0 Å². The zero-order valence-corrected chi connectivity index (χ0v) is 17.4. The van der Waals surface area contributed by atoms with Crippen molar-refractivity contribution in [2.75, 3.05) is 37.6 Å². The van der Waals surface area contributed by atoms with Gasteiger partial charge in [-0.2, -0.15) is 0 Å². The summed E-state index contributed by atoms with van der Waals surface area (Å²) in [6.45, 7) is 4.98. The van der Waals surface area contributed by atoms with Gasteiger partial charge in [-0.15, -0.1) is 11.3 Å². The zero-order chi connectivity index (χ0) is 19.8. The van der Waals surface area contributed by atoms with Crippen LogP contribution >= 0.6 is 11.3 Å². The predicted molar refractivity (Wildman–Crippen MR) is 121 cm³/mol. The highest BCUT2D eigenvalue weighted by atomic mass is 32.1. The number of thiophene rings is 1. The molecule has 0 aliphatic carbocycles. The third-order valence-corrected chi connectivity index (χ3v) is 6.85. The van der Waals surface area contributed by atoms with Crippen molar-refractivity contribution in [1.82, 2.24) is 14.5 Å². The molecular formula is C23H24N4OS. The Morgan fingerprint density at radius 3 is 2.72 bits per heavy atom. The van der Waals surface area contributed by atoms with Gasteiger partial charge in [-0.3, -0.25) is 9.69 Å². The molecule has 1 aliphatic rings. The van der Waals surface area contributed by atoms with E-state index in [4.69, 9.17) is 0 Å². The van der Waals surface area contributed by atoms with Crippen LogP contribution in [0.25, 0.3) is 21.0 Å². The lowest BCUT2D eigenvalue weighted by molar-refractivity contribution is 0.261. The van der Waals surface area contributed by atoms with Gasteiger partial charge in [0.1, 0.15) is 5.82 Å². The van der Waals surface area contributed by atoms with Crippen LogP contribution in [0.15, 0.2) is 58.8 Å². The Balaban J connectivity index is 1.27. The number of nitrogens with zero attached hydrogens (tertiary/aromatic N) is 4. The molecule has 0 amide bonds. The van der Waals surface area contributed by atoms with E-state index in [0.29, 0.717) is 0 Å².